The van der Waals surface area contributed by atoms with E-state index in [1.165, 1.54) is 21.3 Å². The molecule has 0 spiro atoms. The summed E-state index contributed by atoms with van der Waals surface area (Å²) in [4.78, 5) is 16.6. The van der Waals surface area contributed by atoms with Crippen LogP contribution in [0.3, 0.4) is 0 Å². The summed E-state index contributed by atoms with van der Waals surface area (Å²) in [6.07, 6.45) is 1.62. The van der Waals surface area contributed by atoms with Crippen LogP contribution in [0.25, 0.3) is 6.08 Å². The van der Waals surface area contributed by atoms with E-state index < -0.39 is 5.97 Å². The lowest BCUT2D eigenvalue weighted by atomic mass is 10.1. The van der Waals surface area contributed by atoms with Crippen LogP contribution < -0.4 is 14.2 Å². The van der Waals surface area contributed by atoms with E-state index in [2.05, 4.69) is 27.6 Å². The molecule has 2 aromatic carbocycles. The Bertz CT molecular complexity index is 940. The number of ether oxygens (including phenoxy) is 4. The van der Waals surface area contributed by atoms with Crippen LogP contribution in [-0.2, 0) is 9.53 Å². The summed E-state index contributed by atoms with van der Waals surface area (Å²) in [5, 5.41) is 0. The zero-order valence-electron chi connectivity index (χ0n) is 15.3. The maximum absolute atomic E-state index is 12.3. The largest absolute Gasteiger partial charge is 0.493 e. The fourth-order valence-electron chi connectivity index (χ4n) is 2.65. The summed E-state index contributed by atoms with van der Waals surface area (Å²) in [6.45, 7) is 2.00. The Kier molecular flexibility index (Phi) is 5.69. The van der Waals surface area contributed by atoms with Gasteiger partial charge in [-0.25, -0.2) is 9.79 Å². The highest BCUT2D eigenvalue weighted by Gasteiger charge is 2.25. The van der Waals surface area contributed by atoms with Crippen LogP contribution in [0.1, 0.15) is 16.7 Å². The van der Waals surface area contributed by atoms with Crippen LogP contribution >= 0.6 is 22.6 Å². The maximum atomic E-state index is 12.3. The van der Waals surface area contributed by atoms with Gasteiger partial charge in [0.2, 0.25) is 11.6 Å². The lowest BCUT2D eigenvalue weighted by molar-refractivity contribution is -0.129. The number of cyclic esters (lactones) is 1. The van der Waals surface area contributed by atoms with Crippen LogP contribution in [0.4, 0.5) is 0 Å². The average Bonchev–Trinajstić information content (AvgIpc) is 3.03. The number of hydrogen-bond donors (Lipinski definition) is 0. The number of hydrogen-bond acceptors (Lipinski definition) is 6. The Morgan fingerprint density at radius 3 is 2.26 bits per heavy atom. The Morgan fingerprint density at radius 2 is 1.70 bits per heavy atom. The van der Waals surface area contributed by atoms with E-state index in [0.29, 0.717) is 22.8 Å². The zero-order valence-corrected chi connectivity index (χ0v) is 17.5. The third-order valence-electron chi connectivity index (χ3n) is 4.02. The number of benzene rings is 2. The van der Waals surface area contributed by atoms with Crippen molar-refractivity contribution in [1.29, 1.82) is 0 Å². The predicted octanol–water partition coefficient (Wildman–Crippen LogP) is 3.97. The number of aryl methyl sites for hydroxylation is 1. The van der Waals surface area contributed by atoms with Gasteiger partial charge in [0.1, 0.15) is 0 Å². The molecule has 0 unspecified atom stereocenters. The molecule has 0 bridgehead atoms. The standard InChI is InChI=1S/C20H18INO5/c1-11-7-13(5-6-14(11)21)19-22-15(20(23)27-19)8-12-9-16(24-2)18(26-4)17(10-12)25-3/h5-10H,1-4H3/b15-8-. The molecular weight excluding hydrogens is 461 g/mol. The predicted molar refractivity (Wildman–Crippen MR) is 111 cm³/mol. The smallest absolute Gasteiger partial charge is 0.363 e. The van der Waals surface area contributed by atoms with Crippen molar-refractivity contribution in [3.8, 4) is 17.2 Å². The number of aliphatic imine (C=N–C) groups is 1. The van der Waals surface area contributed by atoms with Gasteiger partial charge in [-0.2, -0.15) is 0 Å². The van der Waals surface area contributed by atoms with Crippen LogP contribution in [0, 0.1) is 10.5 Å². The SMILES string of the molecule is COc1cc(/C=C2\N=C(c3ccc(I)c(C)c3)OC2=O)cc(OC)c1OC. The highest BCUT2D eigenvalue weighted by molar-refractivity contribution is 14.1. The molecule has 0 aliphatic carbocycles. The van der Waals surface area contributed by atoms with Crippen LogP contribution in [0.15, 0.2) is 41.0 Å². The third-order valence-corrected chi connectivity index (χ3v) is 5.23. The van der Waals surface area contributed by atoms with Crippen LogP contribution in [0.5, 0.6) is 17.2 Å². The van der Waals surface area contributed by atoms with Crippen LogP contribution in [-0.4, -0.2) is 33.2 Å². The van der Waals surface area contributed by atoms with Gasteiger partial charge >= 0.3 is 5.97 Å². The van der Waals surface area contributed by atoms with Gasteiger partial charge in [0, 0.05) is 9.13 Å². The van der Waals surface area contributed by atoms with E-state index in [0.717, 1.165) is 14.7 Å². The van der Waals surface area contributed by atoms with Crippen molar-refractivity contribution in [2.45, 2.75) is 6.92 Å². The van der Waals surface area contributed by atoms with E-state index in [1.807, 2.05) is 25.1 Å². The van der Waals surface area contributed by atoms with Crippen molar-refractivity contribution in [3.63, 3.8) is 0 Å². The number of carbonyl (C=O) groups is 1. The van der Waals surface area contributed by atoms with E-state index >= 15 is 0 Å². The van der Waals surface area contributed by atoms with Crippen molar-refractivity contribution < 1.29 is 23.7 Å². The summed E-state index contributed by atoms with van der Waals surface area (Å²) < 4.78 is 22.5. The minimum atomic E-state index is -0.505. The molecule has 0 amide bonds. The van der Waals surface area contributed by atoms with Gasteiger partial charge in [0.05, 0.1) is 21.3 Å². The van der Waals surface area contributed by atoms with Gasteiger partial charge in [-0.05, 0) is 77.0 Å². The lowest BCUT2D eigenvalue weighted by Crippen LogP contribution is -2.05. The fourth-order valence-corrected chi connectivity index (χ4v) is 2.99. The average molecular weight is 479 g/mol. The molecule has 2 aromatic rings. The molecule has 7 heteroatoms. The molecular formula is C20H18INO5. The first-order valence-electron chi connectivity index (χ1n) is 8.06. The maximum Gasteiger partial charge on any atom is 0.363 e. The Balaban J connectivity index is 2.00. The van der Waals surface area contributed by atoms with Gasteiger partial charge in [-0.3, -0.25) is 0 Å². The fraction of sp³-hybridized carbons (Fsp3) is 0.200. The van der Waals surface area contributed by atoms with Gasteiger partial charge in [0.25, 0.3) is 0 Å². The first-order valence-corrected chi connectivity index (χ1v) is 9.13. The molecule has 0 radical (unpaired) electrons. The molecule has 140 valence electrons. The summed E-state index contributed by atoms with van der Waals surface area (Å²) in [5.74, 6) is 1.25. The first kappa shape index (κ1) is 19.2. The monoisotopic (exact) mass is 479 g/mol. The second-order valence-corrected chi connectivity index (χ2v) is 6.92. The number of methoxy groups -OCH3 is 3. The van der Waals surface area contributed by atoms with Gasteiger partial charge in [0.15, 0.2) is 17.2 Å². The molecule has 3 rings (SSSR count). The summed E-state index contributed by atoms with van der Waals surface area (Å²) >= 11 is 2.25. The van der Waals surface area contributed by atoms with Crippen molar-refractivity contribution >= 4 is 40.5 Å². The number of esters is 1. The minimum absolute atomic E-state index is 0.204. The quantitative estimate of drug-likeness (QED) is 0.369. The molecule has 1 aliphatic rings. The highest BCUT2D eigenvalue weighted by Crippen LogP contribution is 2.39. The summed E-state index contributed by atoms with van der Waals surface area (Å²) in [6, 6.07) is 9.26. The molecule has 0 atom stereocenters. The Labute approximate surface area is 170 Å². The molecule has 0 saturated carbocycles. The number of nitrogens with zero attached hydrogens (tertiary/aromatic N) is 1. The van der Waals surface area contributed by atoms with E-state index in [1.54, 1.807) is 18.2 Å². The molecule has 0 fully saturated rings. The lowest BCUT2D eigenvalue weighted by Gasteiger charge is -2.12. The van der Waals surface area contributed by atoms with Crippen molar-refractivity contribution in [2.75, 3.05) is 21.3 Å². The van der Waals surface area contributed by atoms with Crippen molar-refractivity contribution in [1.82, 2.24) is 0 Å². The summed E-state index contributed by atoms with van der Waals surface area (Å²) in [7, 11) is 4.60. The molecule has 27 heavy (non-hydrogen) atoms. The van der Waals surface area contributed by atoms with E-state index in [4.69, 9.17) is 18.9 Å². The van der Waals surface area contributed by atoms with E-state index in [-0.39, 0.29) is 11.6 Å². The molecule has 0 saturated heterocycles. The van der Waals surface area contributed by atoms with Gasteiger partial charge < -0.3 is 18.9 Å². The first-order chi connectivity index (χ1) is 13.0. The van der Waals surface area contributed by atoms with Gasteiger partial charge in [-0.15, -0.1) is 0 Å². The second-order valence-electron chi connectivity index (χ2n) is 5.76. The van der Waals surface area contributed by atoms with Gasteiger partial charge in [-0.1, -0.05) is 0 Å². The topological polar surface area (TPSA) is 66.4 Å². The van der Waals surface area contributed by atoms with E-state index in [9.17, 15) is 4.79 Å². The summed E-state index contributed by atoms with van der Waals surface area (Å²) in [5.41, 5.74) is 2.74. The molecule has 6 nitrogen and oxygen atoms in total. The van der Waals surface area contributed by atoms with Crippen molar-refractivity contribution in [2.24, 2.45) is 4.99 Å². The van der Waals surface area contributed by atoms with Crippen molar-refractivity contribution in [3.05, 3.63) is 56.3 Å². The Hall–Kier alpha value is -2.55. The third kappa shape index (κ3) is 3.92. The minimum Gasteiger partial charge on any atom is -0.493 e. The zero-order chi connectivity index (χ0) is 19.6. The highest BCUT2D eigenvalue weighted by atomic mass is 127. The number of carbonyl (C=O) groups excluding carboxylic acids is 1. The molecule has 1 aliphatic heterocycles. The van der Waals surface area contributed by atoms with Crippen LogP contribution in [0.2, 0.25) is 0 Å². The number of rotatable bonds is 5. The second kappa shape index (κ2) is 7.99. The number of halogens is 1. The molecule has 0 aromatic heterocycles. The molecule has 1 heterocycles. The normalized spacial score (nSPS) is 14.8. The Morgan fingerprint density at radius 1 is 1.04 bits per heavy atom. The molecule has 0 N–H and O–H groups in total.